The summed E-state index contributed by atoms with van der Waals surface area (Å²) in [6.07, 6.45) is 1.75. The summed E-state index contributed by atoms with van der Waals surface area (Å²) >= 11 is 0. The van der Waals surface area contributed by atoms with Gasteiger partial charge < -0.3 is 9.14 Å². The van der Waals surface area contributed by atoms with E-state index >= 15 is 0 Å². The minimum absolute atomic E-state index is 0.331. The Morgan fingerprint density at radius 3 is 2.93 bits per heavy atom. The standard InChI is InChI=1S/C10H11BN2O2/c1-6-9(11)13-5-7(10(14)15-2)3-4-8(13)12-6/h3-5H,11H2,1-2H3. The molecule has 0 aliphatic carbocycles. The van der Waals surface area contributed by atoms with E-state index in [0.717, 1.165) is 16.9 Å². The second-order valence-corrected chi connectivity index (χ2v) is 3.42. The zero-order valence-electron chi connectivity index (χ0n) is 8.94. The predicted octanol–water partition coefficient (Wildman–Crippen LogP) is -0.312. The van der Waals surface area contributed by atoms with Gasteiger partial charge in [0.25, 0.3) is 0 Å². The van der Waals surface area contributed by atoms with Crippen molar-refractivity contribution < 1.29 is 9.53 Å². The van der Waals surface area contributed by atoms with Gasteiger partial charge in [-0.15, -0.1) is 0 Å². The van der Waals surface area contributed by atoms with E-state index in [1.54, 1.807) is 12.3 Å². The molecule has 0 spiro atoms. The normalized spacial score (nSPS) is 10.5. The molecule has 0 saturated carbocycles. The molecule has 4 nitrogen and oxygen atoms in total. The van der Waals surface area contributed by atoms with E-state index in [2.05, 4.69) is 9.72 Å². The van der Waals surface area contributed by atoms with Gasteiger partial charge in [-0.25, -0.2) is 9.78 Å². The SMILES string of the molecule is Bc1c(C)nc2ccc(C(=O)OC)cn12. The van der Waals surface area contributed by atoms with Crippen LogP contribution in [-0.2, 0) is 4.74 Å². The number of ether oxygens (including phenoxy) is 1. The summed E-state index contributed by atoms with van der Waals surface area (Å²) < 4.78 is 6.55. The number of aromatic nitrogens is 2. The first-order valence-corrected chi connectivity index (χ1v) is 4.67. The Morgan fingerprint density at radius 1 is 1.53 bits per heavy atom. The third kappa shape index (κ3) is 1.50. The molecule has 2 aromatic rings. The van der Waals surface area contributed by atoms with Crippen molar-refractivity contribution in [1.29, 1.82) is 0 Å². The molecule has 76 valence electrons. The first-order chi connectivity index (χ1) is 7.13. The first kappa shape index (κ1) is 9.77. The summed E-state index contributed by atoms with van der Waals surface area (Å²) in [7, 11) is 3.34. The van der Waals surface area contributed by atoms with Crippen molar-refractivity contribution in [3.63, 3.8) is 0 Å². The number of hydrogen-bond acceptors (Lipinski definition) is 3. The van der Waals surface area contributed by atoms with E-state index in [0.29, 0.717) is 5.56 Å². The molecule has 2 aromatic heterocycles. The second kappa shape index (κ2) is 3.42. The van der Waals surface area contributed by atoms with Crippen molar-refractivity contribution in [2.75, 3.05) is 7.11 Å². The molecular formula is C10H11BN2O2. The molecule has 0 atom stereocenters. The van der Waals surface area contributed by atoms with Gasteiger partial charge in [-0.1, -0.05) is 0 Å². The van der Waals surface area contributed by atoms with Gasteiger partial charge in [0.05, 0.1) is 12.7 Å². The highest BCUT2D eigenvalue weighted by atomic mass is 16.5. The molecule has 0 aliphatic heterocycles. The van der Waals surface area contributed by atoms with Crippen LogP contribution in [0.2, 0.25) is 0 Å². The maximum atomic E-state index is 11.3. The molecule has 5 heteroatoms. The molecule has 0 radical (unpaired) electrons. The van der Waals surface area contributed by atoms with E-state index in [1.807, 2.05) is 25.2 Å². The molecule has 0 bridgehead atoms. The zero-order valence-corrected chi connectivity index (χ0v) is 8.94. The summed E-state index contributed by atoms with van der Waals surface area (Å²) in [5.74, 6) is -0.331. The van der Waals surface area contributed by atoms with E-state index in [9.17, 15) is 4.79 Å². The lowest BCUT2D eigenvalue weighted by Gasteiger charge is -2.01. The molecule has 0 fully saturated rings. The fourth-order valence-corrected chi connectivity index (χ4v) is 1.52. The number of rotatable bonds is 1. The van der Waals surface area contributed by atoms with Crippen LogP contribution in [0.15, 0.2) is 18.3 Å². The van der Waals surface area contributed by atoms with Crippen molar-refractivity contribution in [1.82, 2.24) is 9.38 Å². The van der Waals surface area contributed by atoms with Crippen LogP contribution in [0, 0.1) is 6.92 Å². The van der Waals surface area contributed by atoms with Gasteiger partial charge in [0.1, 0.15) is 5.65 Å². The third-order valence-corrected chi connectivity index (χ3v) is 2.52. The number of nitrogens with zero attached hydrogens (tertiary/aromatic N) is 2. The fraction of sp³-hybridized carbons (Fsp3) is 0.200. The van der Waals surface area contributed by atoms with Crippen LogP contribution < -0.4 is 5.59 Å². The summed E-state index contributed by atoms with van der Waals surface area (Å²) in [6.45, 7) is 1.94. The van der Waals surface area contributed by atoms with Gasteiger partial charge in [-0.05, 0) is 24.6 Å². The molecule has 0 unspecified atom stereocenters. The van der Waals surface area contributed by atoms with Crippen molar-refractivity contribution >= 4 is 25.1 Å². The molecule has 2 heterocycles. The van der Waals surface area contributed by atoms with E-state index in [-0.39, 0.29) is 5.97 Å². The summed E-state index contributed by atoms with van der Waals surface area (Å²) in [6, 6.07) is 3.53. The van der Waals surface area contributed by atoms with E-state index < -0.39 is 0 Å². The van der Waals surface area contributed by atoms with Gasteiger partial charge >= 0.3 is 5.97 Å². The minimum Gasteiger partial charge on any atom is -0.465 e. The molecule has 0 saturated heterocycles. The number of methoxy groups -OCH3 is 1. The van der Waals surface area contributed by atoms with E-state index in [4.69, 9.17) is 0 Å². The van der Waals surface area contributed by atoms with E-state index in [1.165, 1.54) is 7.11 Å². The Balaban J connectivity index is 2.64. The highest BCUT2D eigenvalue weighted by Gasteiger charge is 2.09. The van der Waals surface area contributed by atoms with Crippen LogP contribution >= 0.6 is 0 Å². The number of imidazole rings is 1. The largest absolute Gasteiger partial charge is 0.465 e. The number of fused-ring (bicyclic) bond motifs is 1. The molecule has 0 N–H and O–H groups in total. The Bertz CT molecular complexity index is 533. The quantitative estimate of drug-likeness (QED) is 0.470. The van der Waals surface area contributed by atoms with Gasteiger partial charge in [0.15, 0.2) is 7.85 Å². The number of aryl methyl sites for hydroxylation is 1. The molecule has 0 aromatic carbocycles. The van der Waals surface area contributed by atoms with Crippen molar-refractivity contribution in [3.8, 4) is 0 Å². The second-order valence-electron chi connectivity index (χ2n) is 3.42. The molecule has 15 heavy (non-hydrogen) atoms. The van der Waals surface area contributed by atoms with Crippen LogP contribution in [0.5, 0.6) is 0 Å². The molecular weight excluding hydrogens is 191 g/mol. The highest BCUT2D eigenvalue weighted by Crippen LogP contribution is 2.06. The maximum Gasteiger partial charge on any atom is 0.339 e. The van der Waals surface area contributed by atoms with Crippen molar-refractivity contribution in [2.45, 2.75) is 6.92 Å². The van der Waals surface area contributed by atoms with Crippen LogP contribution in [0.25, 0.3) is 5.65 Å². The Hall–Kier alpha value is -1.78. The number of hydrogen-bond donors (Lipinski definition) is 0. The van der Waals surface area contributed by atoms with Gasteiger partial charge in [0, 0.05) is 11.9 Å². The number of carbonyl (C=O) groups excluding carboxylic acids is 1. The smallest absolute Gasteiger partial charge is 0.339 e. The van der Waals surface area contributed by atoms with Gasteiger partial charge in [-0.3, -0.25) is 0 Å². The van der Waals surface area contributed by atoms with Crippen LogP contribution in [0.4, 0.5) is 0 Å². The maximum absolute atomic E-state index is 11.3. The van der Waals surface area contributed by atoms with Gasteiger partial charge in [-0.2, -0.15) is 0 Å². The van der Waals surface area contributed by atoms with Crippen LogP contribution in [0.3, 0.4) is 0 Å². The van der Waals surface area contributed by atoms with Crippen molar-refractivity contribution in [3.05, 3.63) is 29.6 Å². The average Bonchev–Trinajstić information content (AvgIpc) is 2.54. The molecule has 0 aliphatic rings. The van der Waals surface area contributed by atoms with Crippen LogP contribution in [-0.4, -0.2) is 30.3 Å². The monoisotopic (exact) mass is 202 g/mol. The fourth-order valence-electron chi connectivity index (χ4n) is 1.52. The molecule has 0 amide bonds. The Morgan fingerprint density at radius 2 is 2.27 bits per heavy atom. The topological polar surface area (TPSA) is 43.6 Å². The lowest BCUT2D eigenvalue weighted by molar-refractivity contribution is 0.0600. The van der Waals surface area contributed by atoms with Gasteiger partial charge in [0.2, 0.25) is 0 Å². The third-order valence-electron chi connectivity index (χ3n) is 2.52. The zero-order chi connectivity index (χ0) is 11.0. The lowest BCUT2D eigenvalue weighted by atomic mass is 10.0. The number of esters is 1. The summed E-state index contributed by atoms with van der Waals surface area (Å²) in [4.78, 5) is 15.7. The Labute approximate surface area is 88.3 Å². The number of pyridine rings is 1. The Kier molecular flexibility index (Phi) is 2.23. The van der Waals surface area contributed by atoms with Crippen molar-refractivity contribution in [2.24, 2.45) is 0 Å². The number of carbonyl (C=O) groups is 1. The predicted molar refractivity (Wildman–Crippen MR) is 59.4 cm³/mol. The van der Waals surface area contributed by atoms with Crippen LogP contribution in [0.1, 0.15) is 16.1 Å². The first-order valence-electron chi connectivity index (χ1n) is 4.67. The summed E-state index contributed by atoms with van der Waals surface area (Å²) in [5.41, 5.74) is 3.39. The molecule has 2 rings (SSSR count). The average molecular weight is 202 g/mol. The minimum atomic E-state index is -0.331. The summed E-state index contributed by atoms with van der Waals surface area (Å²) in [5, 5.41) is 0. The lowest BCUT2D eigenvalue weighted by Crippen LogP contribution is -2.14. The highest BCUT2D eigenvalue weighted by molar-refractivity contribution is 6.32.